The summed E-state index contributed by atoms with van der Waals surface area (Å²) in [6.07, 6.45) is -0.465. The molecule has 1 aromatic heterocycles. The summed E-state index contributed by atoms with van der Waals surface area (Å²) in [4.78, 5) is 0. The molecule has 0 spiro atoms. The van der Waals surface area contributed by atoms with Crippen LogP contribution in [0.4, 0.5) is 0 Å². The van der Waals surface area contributed by atoms with Gasteiger partial charge >= 0.3 is 0 Å². The molecule has 2 atom stereocenters. The van der Waals surface area contributed by atoms with Crippen LogP contribution in [0.5, 0.6) is 0 Å². The third-order valence-electron chi connectivity index (χ3n) is 2.08. The minimum atomic E-state index is -0.445. The quantitative estimate of drug-likeness (QED) is 0.819. The molecule has 1 saturated heterocycles. The number of aliphatic hydroxyl groups is 1. The Morgan fingerprint density at radius 3 is 3.15 bits per heavy atom. The molecule has 2 heterocycles. The number of thiophene rings is 1. The average Bonchev–Trinajstić information content (AvgIpc) is 2.71. The predicted octanol–water partition coefficient (Wildman–Crippen LogP) is 1.91. The first kappa shape index (κ1) is 9.52. The average molecular weight is 216 g/mol. The first-order valence-corrected chi connectivity index (χ1v) is 6.37. The molecule has 0 aliphatic carbocycles. The molecule has 13 heavy (non-hydrogen) atoms. The van der Waals surface area contributed by atoms with Gasteiger partial charge in [0.15, 0.2) is 0 Å². The van der Waals surface area contributed by atoms with E-state index in [0.29, 0.717) is 0 Å². The fraction of sp³-hybridized carbons (Fsp3) is 0.556. The van der Waals surface area contributed by atoms with E-state index in [1.54, 1.807) is 11.3 Å². The first-order chi connectivity index (χ1) is 6.38. The van der Waals surface area contributed by atoms with Gasteiger partial charge in [-0.25, -0.2) is 0 Å². The van der Waals surface area contributed by atoms with Gasteiger partial charge in [-0.15, -0.1) is 0 Å². The second-order valence-electron chi connectivity index (χ2n) is 2.99. The zero-order valence-corrected chi connectivity index (χ0v) is 8.81. The molecule has 0 saturated carbocycles. The monoisotopic (exact) mass is 216 g/mol. The summed E-state index contributed by atoms with van der Waals surface area (Å²) >= 11 is 3.46. The van der Waals surface area contributed by atoms with Crippen LogP contribution in [0.25, 0.3) is 0 Å². The highest BCUT2D eigenvalue weighted by molar-refractivity contribution is 7.99. The maximum Gasteiger partial charge on any atom is 0.107 e. The summed E-state index contributed by atoms with van der Waals surface area (Å²) in [6.45, 7) is 0.760. The Morgan fingerprint density at radius 1 is 1.62 bits per heavy atom. The molecule has 1 aliphatic rings. The molecule has 4 heteroatoms. The van der Waals surface area contributed by atoms with Crippen LogP contribution in [0.2, 0.25) is 0 Å². The highest BCUT2D eigenvalue weighted by atomic mass is 32.2. The van der Waals surface area contributed by atoms with E-state index in [1.807, 2.05) is 28.6 Å². The minimum Gasteiger partial charge on any atom is -0.386 e. The van der Waals surface area contributed by atoms with Crippen molar-refractivity contribution in [3.8, 4) is 0 Å². The van der Waals surface area contributed by atoms with Gasteiger partial charge in [-0.3, -0.25) is 0 Å². The first-order valence-electron chi connectivity index (χ1n) is 4.27. The number of rotatable bonds is 2. The van der Waals surface area contributed by atoms with Crippen LogP contribution in [0.15, 0.2) is 16.8 Å². The smallest absolute Gasteiger partial charge is 0.107 e. The predicted molar refractivity (Wildman–Crippen MR) is 56.3 cm³/mol. The second kappa shape index (κ2) is 4.46. The molecule has 0 bridgehead atoms. The van der Waals surface area contributed by atoms with Gasteiger partial charge in [0.1, 0.15) is 6.10 Å². The second-order valence-corrected chi connectivity index (χ2v) is 4.92. The van der Waals surface area contributed by atoms with Crippen LogP contribution in [0, 0.1) is 0 Å². The number of thioether (sulfide) groups is 1. The topological polar surface area (TPSA) is 29.5 Å². The summed E-state index contributed by atoms with van der Waals surface area (Å²) in [6, 6.07) is 1.96. The maximum atomic E-state index is 9.90. The zero-order valence-electron chi connectivity index (χ0n) is 7.18. The van der Waals surface area contributed by atoms with Gasteiger partial charge in [0.05, 0.1) is 12.7 Å². The summed E-state index contributed by atoms with van der Waals surface area (Å²) in [7, 11) is 0. The van der Waals surface area contributed by atoms with Crippen LogP contribution >= 0.6 is 23.1 Å². The Labute approximate surface area is 85.9 Å². The molecular formula is C9H12O2S2. The lowest BCUT2D eigenvalue weighted by molar-refractivity contribution is -0.0225. The van der Waals surface area contributed by atoms with Crippen molar-refractivity contribution in [1.82, 2.24) is 0 Å². The van der Waals surface area contributed by atoms with Crippen LogP contribution in [-0.4, -0.2) is 29.3 Å². The van der Waals surface area contributed by atoms with Crippen molar-refractivity contribution in [3.63, 3.8) is 0 Å². The summed E-state index contributed by atoms with van der Waals surface area (Å²) in [5.41, 5.74) is 0.984. The molecule has 2 unspecified atom stereocenters. The van der Waals surface area contributed by atoms with Crippen molar-refractivity contribution >= 4 is 23.1 Å². The van der Waals surface area contributed by atoms with Gasteiger partial charge in [-0.2, -0.15) is 23.1 Å². The van der Waals surface area contributed by atoms with Gasteiger partial charge < -0.3 is 9.84 Å². The molecule has 0 radical (unpaired) electrons. The number of aliphatic hydroxyl groups excluding tert-OH is 1. The molecule has 0 aromatic carbocycles. The van der Waals surface area contributed by atoms with Gasteiger partial charge in [-0.1, -0.05) is 0 Å². The Kier molecular flexibility index (Phi) is 3.27. The largest absolute Gasteiger partial charge is 0.386 e. The van der Waals surface area contributed by atoms with E-state index in [9.17, 15) is 5.11 Å². The normalized spacial score (nSPS) is 25.8. The molecule has 0 amide bonds. The van der Waals surface area contributed by atoms with Crippen LogP contribution in [0.1, 0.15) is 11.7 Å². The summed E-state index contributed by atoms with van der Waals surface area (Å²) in [5, 5.41) is 13.9. The van der Waals surface area contributed by atoms with Crippen LogP contribution in [-0.2, 0) is 4.74 Å². The lowest BCUT2D eigenvalue weighted by Crippen LogP contribution is -2.29. The van der Waals surface area contributed by atoms with E-state index in [0.717, 1.165) is 23.7 Å². The maximum absolute atomic E-state index is 9.90. The summed E-state index contributed by atoms with van der Waals surface area (Å²) in [5.74, 6) is 1.95. The van der Waals surface area contributed by atoms with Crippen LogP contribution in [0.3, 0.4) is 0 Å². The van der Waals surface area contributed by atoms with Gasteiger partial charge in [-0.05, 0) is 22.4 Å². The Hall–Kier alpha value is -0.0300. The molecule has 2 rings (SSSR count). The molecule has 1 N–H and O–H groups in total. The van der Waals surface area contributed by atoms with Crippen molar-refractivity contribution in [1.29, 1.82) is 0 Å². The zero-order chi connectivity index (χ0) is 9.10. The van der Waals surface area contributed by atoms with E-state index in [-0.39, 0.29) is 6.10 Å². The van der Waals surface area contributed by atoms with Gasteiger partial charge in [0, 0.05) is 11.5 Å². The number of hydrogen-bond donors (Lipinski definition) is 1. The molecule has 1 aliphatic heterocycles. The third kappa shape index (κ3) is 2.26. The van der Waals surface area contributed by atoms with Crippen molar-refractivity contribution in [2.24, 2.45) is 0 Å². The van der Waals surface area contributed by atoms with Gasteiger partial charge in [0.2, 0.25) is 0 Å². The lowest BCUT2D eigenvalue weighted by Gasteiger charge is -2.26. The number of ether oxygens (including phenoxy) is 1. The van der Waals surface area contributed by atoms with E-state index < -0.39 is 6.10 Å². The van der Waals surface area contributed by atoms with E-state index in [2.05, 4.69) is 0 Å². The van der Waals surface area contributed by atoms with E-state index >= 15 is 0 Å². The fourth-order valence-corrected chi connectivity index (χ4v) is 2.93. The SMILES string of the molecule is OC(c1ccsc1)C1CSCCO1. The Bertz CT molecular complexity index is 242. The molecule has 1 fully saturated rings. The molecule has 1 aromatic rings. The summed E-state index contributed by atoms with van der Waals surface area (Å²) < 4.78 is 5.50. The fourth-order valence-electron chi connectivity index (χ4n) is 1.35. The molecule has 2 nitrogen and oxygen atoms in total. The van der Waals surface area contributed by atoms with Crippen molar-refractivity contribution < 1.29 is 9.84 Å². The van der Waals surface area contributed by atoms with E-state index in [4.69, 9.17) is 4.74 Å². The van der Waals surface area contributed by atoms with E-state index in [1.165, 1.54) is 0 Å². The highest BCUT2D eigenvalue weighted by Crippen LogP contribution is 2.26. The van der Waals surface area contributed by atoms with Crippen molar-refractivity contribution in [2.45, 2.75) is 12.2 Å². The van der Waals surface area contributed by atoms with Crippen molar-refractivity contribution in [3.05, 3.63) is 22.4 Å². The van der Waals surface area contributed by atoms with Crippen LogP contribution < -0.4 is 0 Å². The standard InChI is InChI=1S/C9H12O2S2/c10-9(7-1-3-12-5-7)8-6-13-4-2-11-8/h1,3,5,8-10H,2,4,6H2. The Balaban J connectivity index is 1.99. The van der Waals surface area contributed by atoms with Crippen molar-refractivity contribution in [2.75, 3.05) is 18.1 Å². The van der Waals surface area contributed by atoms with Gasteiger partial charge in [0.25, 0.3) is 0 Å². The molecule has 72 valence electrons. The molecular weight excluding hydrogens is 204 g/mol. The highest BCUT2D eigenvalue weighted by Gasteiger charge is 2.24. The third-order valence-corrected chi connectivity index (χ3v) is 3.80. The Morgan fingerprint density at radius 2 is 2.54 bits per heavy atom. The number of hydrogen-bond acceptors (Lipinski definition) is 4. The lowest BCUT2D eigenvalue weighted by atomic mass is 10.1. The minimum absolute atomic E-state index is 0.0200.